The highest BCUT2D eigenvalue weighted by Crippen LogP contribution is 2.38. The average molecular weight is 523 g/mol. The lowest BCUT2D eigenvalue weighted by molar-refractivity contribution is 0.0931. The van der Waals surface area contributed by atoms with E-state index < -0.39 is 17.8 Å². The summed E-state index contributed by atoms with van der Waals surface area (Å²) >= 11 is 0. The van der Waals surface area contributed by atoms with Crippen molar-refractivity contribution in [3.63, 3.8) is 0 Å². The van der Waals surface area contributed by atoms with Gasteiger partial charge in [0.2, 0.25) is 5.88 Å². The summed E-state index contributed by atoms with van der Waals surface area (Å²) < 4.78 is 36.4. The first-order chi connectivity index (χ1) is 18.4. The predicted molar refractivity (Wildman–Crippen MR) is 131 cm³/mol. The van der Waals surface area contributed by atoms with Crippen molar-refractivity contribution < 1.29 is 28.2 Å². The van der Waals surface area contributed by atoms with Gasteiger partial charge in [0.15, 0.2) is 0 Å². The molecular weight excluding hydrogens is 498 g/mol. The average Bonchev–Trinajstić information content (AvgIpc) is 3.62. The van der Waals surface area contributed by atoms with E-state index in [2.05, 4.69) is 20.3 Å². The first-order valence-electron chi connectivity index (χ1n) is 12.3. The largest absolute Gasteiger partial charge is 0.512 e. The Kier molecular flexibility index (Phi) is 5.93. The van der Waals surface area contributed by atoms with Crippen LogP contribution in [0.3, 0.4) is 0 Å². The van der Waals surface area contributed by atoms with Gasteiger partial charge >= 0.3 is 6.16 Å². The summed E-state index contributed by atoms with van der Waals surface area (Å²) in [5, 5.41) is 20.3. The second kappa shape index (κ2) is 9.43. The van der Waals surface area contributed by atoms with E-state index >= 15 is 0 Å². The van der Waals surface area contributed by atoms with E-state index in [1.807, 2.05) is 17.0 Å². The molecule has 1 saturated heterocycles. The minimum absolute atomic E-state index is 0.00738. The van der Waals surface area contributed by atoms with E-state index in [0.717, 1.165) is 29.9 Å². The number of fused-ring (bicyclic) bond motifs is 2. The molecule has 0 spiro atoms. The number of rotatable bonds is 5. The number of halogens is 2. The van der Waals surface area contributed by atoms with Crippen molar-refractivity contribution in [2.24, 2.45) is 0 Å². The number of benzene rings is 1. The molecule has 3 aromatic heterocycles. The number of amides is 1. The third-order valence-corrected chi connectivity index (χ3v) is 7.16. The lowest BCUT2D eigenvalue weighted by Gasteiger charge is -2.27. The maximum Gasteiger partial charge on any atom is 0.512 e. The zero-order chi connectivity index (χ0) is 26.4. The predicted octanol–water partition coefficient (Wildman–Crippen LogP) is 3.95. The van der Waals surface area contributed by atoms with Crippen molar-refractivity contribution >= 4 is 23.3 Å². The Labute approximate surface area is 215 Å². The van der Waals surface area contributed by atoms with Gasteiger partial charge in [0.25, 0.3) is 5.91 Å². The summed E-state index contributed by atoms with van der Waals surface area (Å²) in [7, 11) is 0. The number of aromatic nitrogens is 4. The molecule has 0 aliphatic carbocycles. The molecule has 0 radical (unpaired) electrons. The Balaban J connectivity index is 1.22. The highest BCUT2D eigenvalue weighted by atomic mass is 19.1. The quantitative estimate of drug-likeness (QED) is 0.382. The second-order valence-electron chi connectivity index (χ2n) is 9.52. The molecule has 5 heterocycles. The smallest absolute Gasteiger partial charge is 0.449 e. The maximum absolute atomic E-state index is 14.6. The van der Waals surface area contributed by atoms with Crippen LogP contribution in [0.15, 0.2) is 48.8 Å². The van der Waals surface area contributed by atoms with Gasteiger partial charge in [0.1, 0.15) is 11.6 Å². The molecule has 1 fully saturated rings. The van der Waals surface area contributed by atoms with Crippen molar-refractivity contribution in [3.8, 4) is 5.88 Å². The van der Waals surface area contributed by atoms with E-state index in [1.54, 1.807) is 21.5 Å². The van der Waals surface area contributed by atoms with E-state index in [0.29, 0.717) is 49.0 Å². The van der Waals surface area contributed by atoms with E-state index in [9.17, 15) is 18.4 Å². The summed E-state index contributed by atoms with van der Waals surface area (Å²) in [6.07, 6.45) is 4.44. The van der Waals surface area contributed by atoms with Crippen LogP contribution in [0.4, 0.5) is 19.3 Å². The van der Waals surface area contributed by atoms with Crippen LogP contribution in [-0.4, -0.2) is 49.2 Å². The number of hydrogen-bond acceptors (Lipinski definition) is 6. The zero-order valence-electron chi connectivity index (χ0n) is 20.2. The van der Waals surface area contributed by atoms with E-state index in [-0.39, 0.29) is 23.9 Å². The normalized spacial score (nSPS) is 18.9. The van der Waals surface area contributed by atoms with Gasteiger partial charge in [-0.05, 0) is 49.6 Å². The number of nitrogens with one attached hydrogen (secondary N) is 1. The molecule has 2 aliphatic rings. The molecule has 1 amide bonds. The van der Waals surface area contributed by atoms with E-state index in [4.69, 9.17) is 5.11 Å². The first kappa shape index (κ1) is 23.9. The molecule has 2 N–H and O–H groups in total. The highest BCUT2D eigenvalue weighted by molar-refractivity contribution is 6.01. The van der Waals surface area contributed by atoms with Crippen molar-refractivity contribution in [1.82, 2.24) is 24.7 Å². The van der Waals surface area contributed by atoms with Gasteiger partial charge in [-0.3, -0.25) is 9.48 Å². The minimum Gasteiger partial charge on any atom is -0.449 e. The van der Waals surface area contributed by atoms with Gasteiger partial charge in [0.05, 0.1) is 23.3 Å². The number of carboxylic acid groups (broad SMARTS) is 1. The molecule has 0 saturated carbocycles. The number of aryl methyl sites for hydroxylation is 1. The monoisotopic (exact) mass is 522 g/mol. The number of nitrogens with zero attached hydrogens (tertiary/aromatic N) is 5. The van der Waals surface area contributed by atoms with Crippen LogP contribution < -0.4 is 15.0 Å². The number of pyridine rings is 1. The van der Waals surface area contributed by atoms with Crippen LogP contribution >= 0.6 is 0 Å². The maximum atomic E-state index is 14.6. The van der Waals surface area contributed by atoms with Crippen molar-refractivity contribution in [2.75, 3.05) is 11.4 Å². The summed E-state index contributed by atoms with van der Waals surface area (Å²) in [6, 6.07) is 8.30. The van der Waals surface area contributed by atoms with Crippen LogP contribution in [0.1, 0.15) is 46.9 Å². The molecule has 4 aromatic rings. The molecule has 1 unspecified atom stereocenters. The third-order valence-electron chi connectivity index (χ3n) is 7.16. The van der Waals surface area contributed by atoms with Gasteiger partial charge in [0, 0.05) is 54.8 Å². The van der Waals surface area contributed by atoms with Gasteiger partial charge in [-0.2, -0.15) is 5.10 Å². The fraction of sp³-hybridized carbons (Fsp3) is 0.308. The standard InChI is InChI=1S/C26H24F2N6O4/c27-15-3-4-21(28)19(10-15)22-2-1-7-32(22)17-6-9-34-23(12-17)20(14-29-34)25(35)30-16-5-8-33-18(11-16)13-24(31-33)38-26(36)37/h3-4,6,9-10,12-14,16,22H,1-2,5,7-8,11H2,(H,30,35)(H,36,37)/t16?,22-/m1/s1. The number of anilines is 1. The topological polar surface area (TPSA) is 114 Å². The minimum atomic E-state index is -1.43. The third kappa shape index (κ3) is 4.42. The molecule has 0 bridgehead atoms. The summed E-state index contributed by atoms with van der Waals surface area (Å²) in [4.78, 5) is 26.1. The summed E-state index contributed by atoms with van der Waals surface area (Å²) in [5.41, 5.74) is 2.88. The Morgan fingerprint density at radius 1 is 1.11 bits per heavy atom. The van der Waals surface area contributed by atoms with Crippen LogP contribution in [0, 0.1) is 11.6 Å². The second-order valence-corrected chi connectivity index (χ2v) is 9.52. The highest BCUT2D eigenvalue weighted by Gasteiger charge is 2.30. The molecular formula is C26H24F2N6O4. The number of ether oxygens (including phenoxy) is 1. The first-order valence-corrected chi connectivity index (χ1v) is 12.3. The van der Waals surface area contributed by atoms with Crippen LogP contribution in [0.25, 0.3) is 5.52 Å². The van der Waals surface area contributed by atoms with Crippen molar-refractivity contribution in [2.45, 2.75) is 44.3 Å². The number of carbonyl (C=O) groups excluding carboxylic acids is 1. The summed E-state index contributed by atoms with van der Waals surface area (Å²) in [6.45, 7) is 1.19. The van der Waals surface area contributed by atoms with Crippen LogP contribution in [0.2, 0.25) is 0 Å². The SMILES string of the molecule is O=C(O)Oc1cc2n(n1)CCC(NC(=O)c1cnn3ccc(N4CCC[C@@H]4c4cc(F)ccc4F)cc13)C2. The molecule has 196 valence electrons. The van der Waals surface area contributed by atoms with Crippen molar-refractivity contribution in [1.29, 1.82) is 0 Å². The Bertz CT molecular complexity index is 1550. The van der Waals surface area contributed by atoms with Gasteiger partial charge in [-0.25, -0.2) is 18.1 Å². The number of hydrogen-bond donors (Lipinski definition) is 2. The molecule has 38 heavy (non-hydrogen) atoms. The van der Waals surface area contributed by atoms with Crippen molar-refractivity contribution in [3.05, 3.63) is 77.2 Å². The fourth-order valence-corrected chi connectivity index (χ4v) is 5.44. The lowest BCUT2D eigenvalue weighted by atomic mass is 10.0. The Hall–Kier alpha value is -4.48. The van der Waals surface area contributed by atoms with Gasteiger partial charge in [-0.15, -0.1) is 5.10 Å². The van der Waals surface area contributed by atoms with E-state index in [1.165, 1.54) is 12.3 Å². The van der Waals surface area contributed by atoms with Gasteiger partial charge < -0.3 is 20.1 Å². The Morgan fingerprint density at radius 2 is 1.97 bits per heavy atom. The molecule has 12 heteroatoms. The molecule has 10 nitrogen and oxygen atoms in total. The van der Waals surface area contributed by atoms with Crippen LogP contribution in [0.5, 0.6) is 5.88 Å². The lowest BCUT2D eigenvalue weighted by Crippen LogP contribution is -2.40. The molecule has 2 atom stereocenters. The fourth-order valence-electron chi connectivity index (χ4n) is 5.44. The summed E-state index contributed by atoms with van der Waals surface area (Å²) in [5.74, 6) is -1.20. The molecule has 6 rings (SSSR count). The zero-order valence-corrected chi connectivity index (χ0v) is 20.2. The number of carbonyl (C=O) groups is 2. The molecule has 1 aromatic carbocycles. The molecule has 2 aliphatic heterocycles. The van der Waals surface area contributed by atoms with Gasteiger partial charge in [-0.1, -0.05) is 0 Å². The van der Waals surface area contributed by atoms with Crippen LogP contribution in [-0.2, 0) is 13.0 Å². The Morgan fingerprint density at radius 3 is 2.82 bits per heavy atom.